The fourth-order valence-electron chi connectivity index (χ4n) is 8.55. The number of thiophene rings is 1. The number of nitrogens with zero attached hydrogens (tertiary/aromatic N) is 4. The highest BCUT2D eigenvalue weighted by atomic mass is 35.5. The lowest BCUT2D eigenvalue weighted by Gasteiger charge is -2.24. The normalized spacial score (nSPS) is 12.3. The molecule has 2 atom stereocenters. The number of carbonyl (C=O) groups is 1. The molecule has 0 bridgehead atoms. The lowest BCUT2D eigenvalue weighted by atomic mass is 9.92. The number of methoxy groups -OCH3 is 1. The molecule has 83 heavy (non-hydrogen) atoms. The molecule has 0 amide bonds. The van der Waals surface area contributed by atoms with Crippen LogP contribution in [0.3, 0.4) is 0 Å². The molecule has 3 heterocycles. The fourth-order valence-corrected chi connectivity index (χ4v) is 11.1. The number of aliphatic carboxylic acids is 1. The van der Waals surface area contributed by atoms with Crippen LogP contribution in [0.5, 0.6) is 28.9 Å². The van der Waals surface area contributed by atoms with Crippen LogP contribution in [0, 0.1) is 26.6 Å². The van der Waals surface area contributed by atoms with E-state index in [2.05, 4.69) is 21.5 Å². The van der Waals surface area contributed by atoms with Crippen molar-refractivity contribution in [1.29, 1.82) is 0 Å². The third-order valence-corrected chi connectivity index (χ3v) is 16.0. The Morgan fingerprint density at radius 2 is 1.51 bits per heavy atom. The van der Waals surface area contributed by atoms with Crippen LogP contribution in [0.1, 0.15) is 27.9 Å². The highest BCUT2D eigenvalue weighted by molar-refractivity contribution is 7.86. The van der Waals surface area contributed by atoms with Crippen molar-refractivity contribution in [3.8, 4) is 61.8 Å². The number of para-hydroxylation sites is 1. The van der Waals surface area contributed by atoms with Gasteiger partial charge in [0.2, 0.25) is 12.0 Å². The molecule has 436 valence electrons. The van der Waals surface area contributed by atoms with E-state index in [9.17, 15) is 27.8 Å². The van der Waals surface area contributed by atoms with Gasteiger partial charge in [-0.05, 0) is 104 Å². The molecule has 2 N–H and O–H groups in total. The molecule has 0 saturated carbocycles. The van der Waals surface area contributed by atoms with E-state index >= 15 is 0 Å². The lowest BCUT2D eigenvalue weighted by Crippen LogP contribution is -2.30. The minimum absolute atomic E-state index is 0.00566. The summed E-state index contributed by atoms with van der Waals surface area (Å²) in [5.74, 6) is -0.979. The first-order valence-electron chi connectivity index (χ1n) is 25.9. The van der Waals surface area contributed by atoms with Crippen LogP contribution in [0.4, 0.5) is 4.39 Å². The molecule has 0 aliphatic carbocycles. The summed E-state index contributed by atoms with van der Waals surface area (Å²) in [6, 6.07) is 25.3. The van der Waals surface area contributed by atoms with Gasteiger partial charge < -0.3 is 48.1 Å². The molecule has 8 aromatic rings. The van der Waals surface area contributed by atoms with Crippen LogP contribution in [-0.2, 0) is 51.1 Å². The predicted molar refractivity (Wildman–Crippen MR) is 312 cm³/mol. The molecule has 23 heteroatoms. The maximum Gasteiger partial charge on any atom is 0.345 e. The van der Waals surface area contributed by atoms with E-state index in [-0.39, 0.29) is 81.9 Å². The molecule has 3 aromatic heterocycles. The lowest BCUT2D eigenvalue weighted by molar-refractivity contribution is -0.145. The second-order valence-electron chi connectivity index (χ2n) is 18.5. The Morgan fingerprint density at radius 3 is 2.22 bits per heavy atom. The molecule has 0 radical (unpaired) electrons. The number of benzene rings is 5. The molecular formula is C60H59Cl2FN4O14S2. The Hall–Kier alpha value is -7.31. The number of hydrogen-bond donors (Lipinski definition) is 2. The largest absolute Gasteiger partial charge is 0.508 e. The first-order chi connectivity index (χ1) is 40.1. The highest BCUT2D eigenvalue weighted by Crippen LogP contribution is 2.53. The number of aryl methyl sites for hydroxylation is 1. The third-order valence-electron chi connectivity index (χ3n) is 12.6. The number of fused-ring (bicyclic) bond motifs is 1. The van der Waals surface area contributed by atoms with E-state index in [0.29, 0.717) is 93.4 Å². The summed E-state index contributed by atoms with van der Waals surface area (Å²) in [6.07, 6.45) is 1.33. The highest BCUT2D eigenvalue weighted by Gasteiger charge is 2.32. The van der Waals surface area contributed by atoms with E-state index in [0.717, 1.165) is 5.56 Å². The summed E-state index contributed by atoms with van der Waals surface area (Å²) >= 11 is 15.7. The van der Waals surface area contributed by atoms with Crippen LogP contribution >= 0.6 is 34.5 Å². The fraction of sp³-hybridized carbons (Fsp3) is 0.283. The smallest absolute Gasteiger partial charge is 0.345 e. The van der Waals surface area contributed by atoms with E-state index in [4.69, 9.17) is 70.3 Å². The summed E-state index contributed by atoms with van der Waals surface area (Å²) in [5, 5.41) is 22.0. The van der Waals surface area contributed by atoms with E-state index < -0.39 is 40.7 Å². The van der Waals surface area contributed by atoms with Gasteiger partial charge in [-0.3, -0.25) is 4.18 Å². The number of hydrogen-bond acceptors (Lipinski definition) is 18. The summed E-state index contributed by atoms with van der Waals surface area (Å²) < 4.78 is 93.4. The number of halogens is 3. The number of carboxylic acids is 1. The van der Waals surface area contributed by atoms with Gasteiger partial charge >= 0.3 is 5.97 Å². The zero-order valence-electron chi connectivity index (χ0n) is 45.6. The van der Waals surface area contributed by atoms with Crippen molar-refractivity contribution in [2.75, 3.05) is 66.6 Å². The van der Waals surface area contributed by atoms with Crippen molar-refractivity contribution < 1.29 is 69.9 Å². The van der Waals surface area contributed by atoms with Crippen molar-refractivity contribution in [2.45, 2.75) is 50.9 Å². The van der Waals surface area contributed by atoms with Gasteiger partial charge in [0.1, 0.15) is 60.1 Å². The summed E-state index contributed by atoms with van der Waals surface area (Å²) in [5.41, 5.74) is 4.60. The number of phenolic OH excluding ortho intramolecular Hbond substituents is 1. The van der Waals surface area contributed by atoms with Gasteiger partial charge in [0.05, 0.1) is 77.8 Å². The molecule has 0 aliphatic rings. The first-order valence-corrected chi connectivity index (χ1v) is 28.9. The SMILES string of the molecule is C=CCOC[C@H](COS(=O)(=O)c1ccc(C)cc1)Oc1c(Cl)c(C)c(-c2c(-c3ccc(F)cc3)sc3ncnc(O[C@H](Cc4cc(O)ccc4OCc4ccnc(-c5ccccc5OCCOCCOCCOC)n4)C(=O)O)c23)c(C)c1Cl. The second-order valence-corrected chi connectivity index (χ2v) is 21.9. The van der Waals surface area contributed by atoms with Gasteiger partial charge in [-0.1, -0.05) is 71.2 Å². The van der Waals surface area contributed by atoms with Gasteiger partial charge in [0.25, 0.3) is 10.1 Å². The molecule has 0 spiro atoms. The van der Waals surface area contributed by atoms with Gasteiger partial charge in [-0.15, -0.1) is 17.9 Å². The van der Waals surface area contributed by atoms with E-state index in [1.807, 2.05) is 25.1 Å². The van der Waals surface area contributed by atoms with Crippen LogP contribution in [-0.4, -0.2) is 123 Å². The zero-order valence-corrected chi connectivity index (χ0v) is 48.8. The number of aromatic nitrogens is 4. The molecule has 0 unspecified atom stereocenters. The number of carboxylic acid groups (broad SMARTS) is 1. The van der Waals surface area contributed by atoms with Crippen molar-refractivity contribution in [3.63, 3.8) is 0 Å². The van der Waals surface area contributed by atoms with Gasteiger partial charge in [-0.2, -0.15) is 8.42 Å². The quantitative estimate of drug-likeness (QED) is 0.0234. The molecule has 0 aliphatic heterocycles. The Kier molecular flexibility index (Phi) is 21.8. The van der Waals surface area contributed by atoms with Crippen LogP contribution in [0.15, 0.2) is 127 Å². The maximum atomic E-state index is 14.5. The minimum atomic E-state index is -4.23. The second kappa shape index (κ2) is 29.3. The molecule has 0 fully saturated rings. The van der Waals surface area contributed by atoms with Crippen molar-refractivity contribution >= 4 is 60.8 Å². The van der Waals surface area contributed by atoms with Crippen LogP contribution < -0.4 is 18.9 Å². The molecule has 18 nitrogen and oxygen atoms in total. The molecule has 0 saturated heterocycles. The minimum Gasteiger partial charge on any atom is -0.508 e. The monoisotopic (exact) mass is 1210 g/mol. The topological polar surface area (TPSA) is 226 Å². The average molecular weight is 1210 g/mol. The summed E-state index contributed by atoms with van der Waals surface area (Å²) in [4.78, 5) is 32.5. The van der Waals surface area contributed by atoms with E-state index in [1.54, 1.807) is 63.6 Å². The number of aromatic hydroxyl groups is 1. The molecular weight excluding hydrogens is 1150 g/mol. The maximum absolute atomic E-state index is 14.5. The number of rotatable bonds is 31. The van der Waals surface area contributed by atoms with E-state index in [1.165, 1.54) is 66.2 Å². The Labute approximate surface area is 493 Å². The standard InChI is InChI=1S/C60H59Cl2FN4O14S2/c1-6-23-76-33-44(34-79-83(71,72)45-18-11-36(2)12-19-45)80-55-53(61)37(3)50(38(4)54(55)62)51-52-58(65-35-66-59(52)82-56(51)39-13-15-41(63)16-14-39)81-49(60(69)70)31-40-30-43(68)17-20-47(40)78-32-42-21-22-64-57(67-42)46-9-7-8-10-48(46)77-29-28-75-27-26-74-25-24-73-5/h6-22,30,35,44,49,68H,1,23-29,31-34H2,2-5H3,(H,69,70)/t44-,49-/m1/s1. The molecule has 8 rings (SSSR count). The average Bonchev–Trinajstić information content (AvgIpc) is 2.28. The first kappa shape index (κ1) is 61.8. The predicted octanol–water partition coefficient (Wildman–Crippen LogP) is 11.6. The van der Waals surface area contributed by atoms with Gasteiger partial charge in [0.15, 0.2) is 11.6 Å². The van der Waals surface area contributed by atoms with Crippen LogP contribution in [0.2, 0.25) is 10.0 Å². The van der Waals surface area contributed by atoms with Crippen molar-refractivity contribution in [2.24, 2.45) is 0 Å². The summed E-state index contributed by atoms with van der Waals surface area (Å²) in [6.45, 7) is 10.8. The number of phenols is 1. The molecule has 5 aromatic carbocycles. The number of ether oxygens (including phenoxy) is 8. The van der Waals surface area contributed by atoms with Gasteiger partial charge in [-0.25, -0.2) is 29.1 Å². The Bertz CT molecular complexity index is 3620. The Morgan fingerprint density at radius 1 is 0.795 bits per heavy atom. The van der Waals surface area contributed by atoms with Crippen molar-refractivity contribution in [3.05, 3.63) is 166 Å². The Balaban J connectivity index is 1.07. The van der Waals surface area contributed by atoms with Crippen LogP contribution in [0.25, 0.3) is 43.2 Å². The van der Waals surface area contributed by atoms with Gasteiger partial charge in [0, 0.05) is 35.7 Å². The third kappa shape index (κ3) is 15.9. The summed E-state index contributed by atoms with van der Waals surface area (Å²) in [7, 11) is -2.62. The van der Waals surface area contributed by atoms with Crippen molar-refractivity contribution in [1.82, 2.24) is 19.9 Å². The zero-order chi connectivity index (χ0) is 59.0.